The van der Waals surface area contributed by atoms with Gasteiger partial charge in [-0.3, -0.25) is 4.79 Å². The van der Waals surface area contributed by atoms with Crippen molar-refractivity contribution in [1.82, 2.24) is 19.8 Å². The normalized spacial score (nSPS) is 15.9. The molecule has 3 heterocycles. The quantitative estimate of drug-likeness (QED) is 0.592. The molecule has 2 aromatic heterocycles. The second kappa shape index (κ2) is 7.95. The van der Waals surface area contributed by atoms with E-state index in [9.17, 15) is 9.18 Å². The van der Waals surface area contributed by atoms with E-state index in [2.05, 4.69) is 21.8 Å². The van der Waals surface area contributed by atoms with Crippen molar-refractivity contribution >= 4 is 23.2 Å². The van der Waals surface area contributed by atoms with Crippen molar-refractivity contribution in [2.24, 2.45) is 5.10 Å². The minimum Gasteiger partial charge on any atom is -0.273 e. The zero-order chi connectivity index (χ0) is 20.4. The SMILES string of the molecule is C=C(CCC(=O)N1N=CCC1c1cc(C)cc(F)c1)Cn1ncc2cccnc21. The third-order valence-electron chi connectivity index (χ3n) is 5.00. The fraction of sp³-hybridized carbons (Fsp3) is 0.273. The van der Waals surface area contributed by atoms with Gasteiger partial charge in [0.15, 0.2) is 5.65 Å². The minimum atomic E-state index is -0.298. The molecule has 0 spiro atoms. The molecule has 0 bridgehead atoms. The van der Waals surface area contributed by atoms with Crippen LogP contribution in [0, 0.1) is 12.7 Å². The minimum absolute atomic E-state index is 0.102. The van der Waals surface area contributed by atoms with Gasteiger partial charge in [0.25, 0.3) is 0 Å². The van der Waals surface area contributed by atoms with Crippen molar-refractivity contribution in [3.63, 3.8) is 0 Å². The second-order valence-corrected chi connectivity index (χ2v) is 7.32. The molecule has 4 rings (SSSR count). The Morgan fingerprint density at radius 2 is 2.17 bits per heavy atom. The third-order valence-corrected chi connectivity index (χ3v) is 5.00. The fourth-order valence-electron chi connectivity index (χ4n) is 3.61. The number of benzene rings is 1. The van der Waals surface area contributed by atoms with E-state index < -0.39 is 0 Å². The molecular formula is C22H22FN5O. The Labute approximate surface area is 168 Å². The van der Waals surface area contributed by atoms with Gasteiger partial charge in [-0.2, -0.15) is 10.2 Å². The molecule has 1 aliphatic rings. The van der Waals surface area contributed by atoms with Gasteiger partial charge in [-0.15, -0.1) is 0 Å². The average Bonchev–Trinajstić information content (AvgIpc) is 3.33. The number of halogens is 1. The number of aryl methyl sites for hydroxylation is 1. The van der Waals surface area contributed by atoms with Gasteiger partial charge in [0.2, 0.25) is 5.91 Å². The molecule has 0 radical (unpaired) electrons. The molecule has 1 aliphatic heterocycles. The Hall–Kier alpha value is -3.35. The van der Waals surface area contributed by atoms with Crippen LogP contribution in [-0.2, 0) is 11.3 Å². The highest BCUT2D eigenvalue weighted by molar-refractivity contribution is 5.80. The molecule has 0 saturated carbocycles. The van der Waals surface area contributed by atoms with Gasteiger partial charge in [-0.05, 0) is 48.7 Å². The van der Waals surface area contributed by atoms with Crippen molar-refractivity contribution in [2.45, 2.75) is 38.8 Å². The maximum absolute atomic E-state index is 13.8. The number of pyridine rings is 1. The van der Waals surface area contributed by atoms with Crippen molar-refractivity contribution in [2.75, 3.05) is 0 Å². The summed E-state index contributed by atoms with van der Waals surface area (Å²) in [7, 11) is 0. The lowest BCUT2D eigenvalue weighted by Gasteiger charge is -2.23. The first-order valence-electron chi connectivity index (χ1n) is 9.56. The summed E-state index contributed by atoms with van der Waals surface area (Å²) < 4.78 is 15.6. The predicted molar refractivity (Wildman–Crippen MR) is 110 cm³/mol. The van der Waals surface area contributed by atoms with Crippen LogP contribution in [0.3, 0.4) is 0 Å². The molecule has 7 heteroatoms. The lowest BCUT2D eigenvalue weighted by molar-refractivity contribution is -0.133. The van der Waals surface area contributed by atoms with Crippen molar-refractivity contribution in [3.05, 3.63) is 71.8 Å². The summed E-state index contributed by atoms with van der Waals surface area (Å²) in [5, 5.41) is 11.0. The van der Waals surface area contributed by atoms with Crippen molar-refractivity contribution in [3.8, 4) is 0 Å². The molecule has 0 N–H and O–H groups in total. The number of carbonyl (C=O) groups is 1. The van der Waals surface area contributed by atoms with E-state index in [4.69, 9.17) is 0 Å². The summed E-state index contributed by atoms with van der Waals surface area (Å²) in [6, 6.07) is 8.42. The third kappa shape index (κ3) is 4.08. The van der Waals surface area contributed by atoms with E-state index in [-0.39, 0.29) is 24.2 Å². The number of hydrogen-bond acceptors (Lipinski definition) is 4. The molecule has 148 valence electrons. The largest absolute Gasteiger partial charge is 0.273 e. The number of amides is 1. The Morgan fingerprint density at radius 1 is 1.31 bits per heavy atom. The topological polar surface area (TPSA) is 63.4 Å². The molecule has 29 heavy (non-hydrogen) atoms. The number of hydrogen-bond donors (Lipinski definition) is 0. The van der Waals surface area contributed by atoms with Crippen LogP contribution in [0.5, 0.6) is 0 Å². The Morgan fingerprint density at radius 3 is 3.00 bits per heavy atom. The zero-order valence-electron chi connectivity index (χ0n) is 16.3. The maximum atomic E-state index is 13.8. The van der Waals surface area contributed by atoms with Gasteiger partial charge in [-0.25, -0.2) is 19.1 Å². The second-order valence-electron chi connectivity index (χ2n) is 7.32. The van der Waals surface area contributed by atoms with E-state index in [1.807, 2.05) is 25.1 Å². The Kier molecular flexibility index (Phi) is 5.20. The summed E-state index contributed by atoms with van der Waals surface area (Å²) in [6.45, 7) is 6.43. The van der Waals surface area contributed by atoms with Crippen molar-refractivity contribution in [1.29, 1.82) is 0 Å². The number of aromatic nitrogens is 3. The van der Waals surface area contributed by atoms with E-state index >= 15 is 0 Å². The zero-order valence-corrected chi connectivity index (χ0v) is 16.3. The van der Waals surface area contributed by atoms with E-state index in [1.165, 1.54) is 17.1 Å². The van der Waals surface area contributed by atoms with Crippen LogP contribution in [-0.4, -0.2) is 31.9 Å². The molecule has 1 unspecified atom stereocenters. The first-order valence-corrected chi connectivity index (χ1v) is 9.56. The van der Waals surface area contributed by atoms with Gasteiger partial charge in [0.1, 0.15) is 5.82 Å². The van der Waals surface area contributed by atoms with Gasteiger partial charge in [0, 0.05) is 30.6 Å². The number of fused-ring (bicyclic) bond motifs is 1. The first kappa shape index (κ1) is 19.0. The van der Waals surface area contributed by atoms with Crippen LogP contribution in [0.25, 0.3) is 11.0 Å². The predicted octanol–water partition coefficient (Wildman–Crippen LogP) is 4.17. The molecule has 1 amide bonds. The molecule has 1 atom stereocenters. The number of rotatable bonds is 6. The average molecular weight is 391 g/mol. The summed E-state index contributed by atoms with van der Waals surface area (Å²) in [5.41, 5.74) is 3.27. The van der Waals surface area contributed by atoms with Crippen LogP contribution < -0.4 is 0 Å². The summed E-state index contributed by atoms with van der Waals surface area (Å²) >= 11 is 0. The molecule has 0 saturated heterocycles. The van der Waals surface area contributed by atoms with E-state index in [0.717, 1.165) is 27.7 Å². The number of allylic oxidation sites excluding steroid dienone is 1. The monoisotopic (exact) mass is 391 g/mol. The van der Waals surface area contributed by atoms with Crippen LogP contribution in [0.15, 0.2) is 60.0 Å². The van der Waals surface area contributed by atoms with Gasteiger partial charge >= 0.3 is 0 Å². The smallest absolute Gasteiger partial charge is 0.243 e. The van der Waals surface area contributed by atoms with Crippen LogP contribution in [0.2, 0.25) is 0 Å². The number of hydrazone groups is 1. The van der Waals surface area contributed by atoms with Crippen molar-refractivity contribution < 1.29 is 9.18 Å². The van der Waals surface area contributed by atoms with Crippen LogP contribution >= 0.6 is 0 Å². The standard InChI is InChI=1S/C22H22FN5O/c1-15(14-27-22-17(13-26-27)4-3-8-24-22)5-6-21(29)28-20(7-9-25-28)18-10-16(2)11-19(23)12-18/h3-4,8-13,20H,1,5-7,14H2,2H3. The summed E-state index contributed by atoms with van der Waals surface area (Å²) in [4.78, 5) is 17.1. The molecule has 6 nitrogen and oxygen atoms in total. The maximum Gasteiger partial charge on any atom is 0.243 e. The highest BCUT2D eigenvalue weighted by Crippen LogP contribution is 2.30. The molecule has 1 aromatic carbocycles. The van der Waals surface area contributed by atoms with Gasteiger partial charge < -0.3 is 0 Å². The molecule has 0 fully saturated rings. The van der Waals surface area contributed by atoms with Gasteiger partial charge in [-0.1, -0.05) is 18.2 Å². The van der Waals surface area contributed by atoms with E-state index in [1.54, 1.807) is 23.3 Å². The summed E-state index contributed by atoms with van der Waals surface area (Å²) in [6.07, 6.45) is 6.60. The van der Waals surface area contributed by atoms with Crippen LogP contribution in [0.1, 0.15) is 36.4 Å². The molecule has 3 aromatic rings. The van der Waals surface area contributed by atoms with Crippen LogP contribution in [0.4, 0.5) is 4.39 Å². The lowest BCUT2D eigenvalue weighted by Crippen LogP contribution is -2.27. The highest BCUT2D eigenvalue weighted by Gasteiger charge is 2.28. The highest BCUT2D eigenvalue weighted by atomic mass is 19.1. The fourth-order valence-corrected chi connectivity index (χ4v) is 3.61. The Bertz CT molecular complexity index is 1080. The molecule has 0 aliphatic carbocycles. The molecular weight excluding hydrogens is 369 g/mol. The lowest BCUT2D eigenvalue weighted by atomic mass is 10.0. The van der Waals surface area contributed by atoms with E-state index in [0.29, 0.717) is 19.4 Å². The summed E-state index contributed by atoms with van der Waals surface area (Å²) in [5.74, 6) is -0.400. The van der Waals surface area contributed by atoms with Gasteiger partial charge in [0.05, 0.1) is 18.8 Å². The number of nitrogens with zero attached hydrogens (tertiary/aromatic N) is 5. The first-order chi connectivity index (χ1) is 14.0. The number of carbonyl (C=O) groups excluding carboxylic acids is 1. The Balaban J connectivity index is 1.38.